The van der Waals surface area contributed by atoms with Gasteiger partial charge in [0.25, 0.3) is 10.0 Å². The highest BCUT2D eigenvalue weighted by molar-refractivity contribution is 7.91. The molecule has 7 nitrogen and oxygen atoms in total. The molecule has 1 atom stereocenters. The van der Waals surface area contributed by atoms with Crippen LogP contribution in [0.2, 0.25) is 0 Å². The second kappa shape index (κ2) is 9.72. The maximum absolute atomic E-state index is 13.4. The lowest BCUT2D eigenvalue weighted by atomic mass is 10.1. The first-order valence-corrected chi connectivity index (χ1v) is 12.6. The molecular weight excluding hydrogens is 446 g/mol. The molecule has 3 aromatic rings. The summed E-state index contributed by atoms with van der Waals surface area (Å²) in [6.45, 7) is 2.35. The minimum atomic E-state index is -3.81. The van der Waals surface area contributed by atoms with Gasteiger partial charge in [-0.2, -0.15) is 4.72 Å². The van der Waals surface area contributed by atoms with Gasteiger partial charge in [-0.3, -0.25) is 4.79 Å². The van der Waals surface area contributed by atoms with Crippen LogP contribution in [0.25, 0.3) is 0 Å². The zero-order valence-electron chi connectivity index (χ0n) is 17.7. The topological polar surface area (TPSA) is 79.0 Å². The Balaban J connectivity index is 1.49. The number of hydrogen-bond donors (Lipinski definition) is 1. The van der Waals surface area contributed by atoms with Crippen molar-refractivity contribution in [2.24, 2.45) is 0 Å². The maximum Gasteiger partial charge on any atom is 0.251 e. The predicted molar refractivity (Wildman–Crippen MR) is 126 cm³/mol. The second-order valence-corrected chi connectivity index (χ2v) is 10.3. The average molecular weight is 472 g/mol. The van der Waals surface area contributed by atoms with Crippen LogP contribution in [0.15, 0.2) is 76.3 Å². The van der Waals surface area contributed by atoms with E-state index in [1.165, 1.54) is 6.07 Å². The summed E-state index contributed by atoms with van der Waals surface area (Å²) in [5, 5.41) is 1.70. The molecule has 4 rings (SSSR count). The third-order valence-corrected chi connectivity index (χ3v) is 8.26. The van der Waals surface area contributed by atoms with Gasteiger partial charge in [-0.25, -0.2) is 8.42 Å². The van der Waals surface area contributed by atoms with Gasteiger partial charge in [0.05, 0.1) is 7.11 Å². The van der Waals surface area contributed by atoms with Crippen molar-refractivity contribution in [2.75, 3.05) is 38.2 Å². The number of rotatable bonds is 7. The summed E-state index contributed by atoms with van der Waals surface area (Å²) in [5.74, 6) is 0.553. The van der Waals surface area contributed by atoms with Gasteiger partial charge >= 0.3 is 0 Å². The van der Waals surface area contributed by atoms with E-state index in [4.69, 9.17) is 4.74 Å². The molecule has 1 aliphatic rings. The molecule has 9 heteroatoms. The van der Waals surface area contributed by atoms with Crippen molar-refractivity contribution in [3.63, 3.8) is 0 Å². The Morgan fingerprint density at radius 1 is 0.969 bits per heavy atom. The fraction of sp³-hybridized carbons (Fsp3) is 0.261. The highest BCUT2D eigenvalue weighted by Gasteiger charge is 2.32. The number of carbonyl (C=O) groups is 1. The van der Waals surface area contributed by atoms with E-state index < -0.39 is 16.1 Å². The van der Waals surface area contributed by atoms with Crippen LogP contribution in [-0.4, -0.2) is 52.5 Å². The number of ether oxygens (including phenoxy) is 1. The van der Waals surface area contributed by atoms with Crippen molar-refractivity contribution in [2.45, 2.75) is 10.3 Å². The number of anilines is 1. The summed E-state index contributed by atoms with van der Waals surface area (Å²) in [6, 6.07) is 19.0. The summed E-state index contributed by atoms with van der Waals surface area (Å²) in [7, 11) is -2.18. The number of piperazine rings is 1. The van der Waals surface area contributed by atoms with Crippen molar-refractivity contribution < 1.29 is 17.9 Å². The van der Waals surface area contributed by atoms with E-state index in [0.717, 1.165) is 22.8 Å². The Kier molecular flexibility index (Phi) is 6.78. The van der Waals surface area contributed by atoms with Crippen LogP contribution in [0.3, 0.4) is 0 Å². The molecule has 168 valence electrons. The van der Waals surface area contributed by atoms with E-state index in [-0.39, 0.29) is 10.1 Å². The summed E-state index contributed by atoms with van der Waals surface area (Å²) in [4.78, 5) is 17.4. The number of benzene rings is 2. The number of amides is 1. The van der Waals surface area contributed by atoms with Gasteiger partial charge in [-0.15, -0.1) is 11.3 Å². The molecule has 1 aromatic heterocycles. The Hall–Kier alpha value is -2.88. The largest absolute Gasteiger partial charge is 0.497 e. The number of carbonyl (C=O) groups excluding carboxylic acids is 1. The van der Waals surface area contributed by atoms with Crippen molar-refractivity contribution in [3.05, 3.63) is 77.7 Å². The Morgan fingerprint density at radius 2 is 1.66 bits per heavy atom. The Labute approximate surface area is 192 Å². The molecule has 1 unspecified atom stereocenters. The molecule has 0 saturated carbocycles. The molecule has 2 aromatic carbocycles. The molecule has 1 aliphatic heterocycles. The van der Waals surface area contributed by atoms with E-state index >= 15 is 0 Å². The highest BCUT2D eigenvalue weighted by Crippen LogP contribution is 2.24. The minimum absolute atomic E-state index is 0.190. The third kappa shape index (κ3) is 4.95. The fourth-order valence-corrected chi connectivity index (χ4v) is 5.88. The maximum atomic E-state index is 13.4. The zero-order valence-corrected chi connectivity index (χ0v) is 19.3. The number of nitrogens with one attached hydrogen (secondary N) is 1. The van der Waals surface area contributed by atoms with E-state index in [2.05, 4.69) is 9.62 Å². The average Bonchev–Trinajstić information content (AvgIpc) is 3.39. The van der Waals surface area contributed by atoms with Crippen LogP contribution < -0.4 is 14.4 Å². The highest BCUT2D eigenvalue weighted by atomic mass is 32.2. The zero-order chi connectivity index (χ0) is 22.6. The molecule has 0 spiro atoms. The van der Waals surface area contributed by atoms with Gasteiger partial charge in [0, 0.05) is 31.9 Å². The minimum Gasteiger partial charge on any atom is -0.497 e. The smallest absolute Gasteiger partial charge is 0.251 e. The molecule has 0 aliphatic carbocycles. The normalized spacial score (nSPS) is 15.4. The summed E-state index contributed by atoms with van der Waals surface area (Å²) < 4.78 is 33.8. The monoisotopic (exact) mass is 471 g/mol. The molecule has 0 radical (unpaired) electrons. The number of sulfonamides is 1. The lowest BCUT2D eigenvalue weighted by Gasteiger charge is -2.37. The summed E-state index contributed by atoms with van der Waals surface area (Å²) in [5.41, 5.74) is 1.69. The first-order valence-electron chi connectivity index (χ1n) is 10.3. The number of hydrogen-bond acceptors (Lipinski definition) is 6. The molecule has 32 heavy (non-hydrogen) atoms. The first-order chi connectivity index (χ1) is 15.5. The number of thiophene rings is 1. The van der Waals surface area contributed by atoms with Gasteiger partial charge < -0.3 is 14.5 Å². The van der Waals surface area contributed by atoms with Gasteiger partial charge in [-0.05, 0) is 41.3 Å². The third-order valence-electron chi connectivity index (χ3n) is 5.44. The van der Waals surface area contributed by atoms with Crippen molar-refractivity contribution in [1.82, 2.24) is 9.62 Å². The van der Waals surface area contributed by atoms with Crippen LogP contribution >= 0.6 is 11.3 Å². The van der Waals surface area contributed by atoms with E-state index in [9.17, 15) is 13.2 Å². The lowest BCUT2D eigenvalue weighted by Crippen LogP contribution is -2.52. The van der Waals surface area contributed by atoms with Crippen molar-refractivity contribution in [1.29, 1.82) is 0 Å². The Morgan fingerprint density at radius 3 is 2.25 bits per heavy atom. The van der Waals surface area contributed by atoms with Crippen LogP contribution in [0.5, 0.6) is 5.75 Å². The molecule has 1 amide bonds. The molecule has 1 fully saturated rings. The van der Waals surface area contributed by atoms with Crippen molar-refractivity contribution in [3.8, 4) is 5.75 Å². The SMILES string of the molecule is COc1ccc(N2CCN(C(=O)C(NS(=O)(=O)c3cccs3)c3ccccc3)CC2)cc1. The van der Waals surface area contributed by atoms with Crippen molar-refractivity contribution >= 4 is 33.0 Å². The van der Waals surface area contributed by atoms with Gasteiger partial charge in [0.2, 0.25) is 5.91 Å². The van der Waals surface area contributed by atoms with Gasteiger partial charge in [0.15, 0.2) is 0 Å². The fourth-order valence-electron chi connectivity index (χ4n) is 3.70. The Bertz CT molecular complexity index is 1130. The molecular formula is C23H25N3O4S2. The van der Waals surface area contributed by atoms with Crippen LogP contribution in [0, 0.1) is 0 Å². The molecule has 0 bridgehead atoms. The molecule has 2 heterocycles. The predicted octanol–water partition coefficient (Wildman–Crippen LogP) is 3.13. The van der Waals surface area contributed by atoms with E-state index in [1.54, 1.807) is 47.7 Å². The van der Waals surface area contributed by atoms with Gasteiger partial charge in [-0.1, -0.05) is 36.4 Å². The quantitative estimate of drug-likeness (QED) is 0.573. The van der Waals surface area contributed by atoms with Gasteiger partial charge in [0.1, 0.15) is 16.0 Å². The lowest BCUT2D eigenvalue weighted by molar-refractivity contribution is -0.133. The number of nitrogens with zero attached hydrogens (tertiary/aromatic N) is 2. The van der Waals surface area contributed by atoms with Crippen LogP contribution in [0.1, 0.15) is 11.6 Å². The van der Waals surface area contributed by atoms with Crippen LogP contribution in [-0.2, 0) is 14.8 Å². The first kappa shape index (κ1) is 22.3. The molecule has 1 saturated heterocycles. The van der Waals surface area contributed by atoms with E-state index in [0.29, 0.717) is 31.7 Å². The summed E-state index contributed by atoms with van der Waals surface area (Å²) >= 11 is 1.12. The number of methoxy groups -OCH3 is 1. The standard InChI is InChI=1S/C23H25N3O4S2/c1-30-20-11-9-19(10-12-20)25-13-15-26(16-14-25)23(27)22(18-6-3-2-4-7-18)24-32(28,29)21-8-5-17-31-21/h2-12,17,22,24H,13-16H2,1H3. The second-order valence-electron chi connectivity index (χ2n) is 7.41. The van der Waals surface area contributed by atoms with E-state index in [1.807, 2.05) is 30.3 Å². The van der Waals surface area contributed by atoms with Crippen LogP contribution in [0.4, 0.5) is 5.69 Å². The summed E-state index contributed by atoms with van der Waals surface area (Å²) in [6.07, 6.45) is 0. The molecule has 1 N–H and O–H groups in total.